The predicted molar refractivity (Wildman–Crippen MR) is 121 cm³/mol. The molecule has 1 saturated heterocycles. The molecular formula is C25H28FN3O2. The van der Waals surface area contributed by atoms with Gasteiger partial charge in [0.25, 0.3) is 5.56 Å². The van der Waals surface area contributed by atoms with E-state index in [9.17, 15) is 14.3 Å². The van der Waals surface area contributed by atoms with E-state index in [-0.39, 0.29) is 23.2 Å². The van der Waals surface area contributed by atoms with Crippen molar-refractivity contribution in [2.75, 3.05) is 31.1 Å². The van der Waals surface area contributed by atoms with Gasteiger partial charge in [0.15, 0.2) is 0 Å². The first kappa shape index (κ1) is 21.1. The maximum absolute atomic E-state index is 14.3. The Morgan fingerprint density at radius 2 is 1.65 bits per heavy atom. The van der Waals surface area contributed by atoms with Crippen LogP contribution in [0.2, 0.25) is 0 Å². The highest BCUT2D eigenvalue weighted by Crippen LogP contribution is 2.34. The number of piperazine rings is 1. The molecule has 1 unspecified atom stereocenters. The molecule has 1 N–H and O–H groups in total. The molecule has 0 spiro atoms. The zero-order chi connectivity index (χ0) is 22.0. The number of rotatable bonds is 5. The maximum Gasteiger partial charge on any atom is 0.259 e. The summed E-state index contributed by atoms with van der Waals surface area (Å²) < 4.78 is 15.9. The van der Waals surface area contributed by atoms with Gasteiger partial charge in [0, 0.05) is 38.4 Å². The minimum absolute atomic E-state index is 0.0255. The summed E-state index contributed by atoms with van der Waals surface area (Å²) in [5.41, 5.74) is 2.54. The van der Waals surface area contributed by atoms with Crippen LogP contribution in [0.3, 0.4) is 0 Å². The molecule has 0 radical (unpaired) electrons. The van der Waals surface area contributed by atoms with Gasteiger partial charge in [-0.2, -0.15) is 0 Å². The number of hydrogen-bond donors (Lipinski definition) is 1. The molecule has 31 heavy (non-hydrogen) atoms. The van der Waals surface area contributed by atoms with Gasteiger partial charge < -0.3 is 14.6 Å². The molecule has 1 aromatic heterocycles. The summed E-state index contributed by atoms with van der Waals surface area (Å²) in [6.45, 7) is 6.87. The lowest BCUT2D eigenvalue weighted by Gasteiger charge is -2.40. The zero-order valence-corrected chi connectivity index (χ0v) is 18.0. The highest BCUT2D eigenvalue weighted by Gasteiger charge is 2.31. The summed E-state index contributed by atoms with van der Waals surface area (Å²) >= 11 is 0. The van der Waals surface area contributed by atoms with E-state index in [1.807, 2.05) is 55.1 Å². The lowest BCUT2D eigenvalue weighted by Crippen LogP contribution is -2.49. The van der Waals surface area contributed by atoms with Crippen LogP contribution in [0, 0.1) is 12.7 Å². The van der Waals surface area contributed by atoms with Gasteiger partial charge in [-0.1, -0.05) is 42.5 Å². The van der Waals surface area contributed by atoms with Crippen molar-refractivity contribution in [3.05, 3.63) is 93.7 Å². The number of anilines is 1. The van der Waals surface area contributed by atoms with Gasteiger partial charge in [0.1, 0.15) is 11.6 Å². The number of halogens is 1. The Morgan fingerprint density at radius 3 is 2.29 bits per heavy atom. The molecule has 1 atom stereocenters. The second-order valence-corrected chi connectivity index (χ2v) is 7.92. The highest BCUT2D eigenvalue weighted by molar-refractivity contribution is 5.48. The van der Waals surface area contributed by atoms with Crippen LogP contribution >= 0.6 is 0 Å². The Bertz CT molecular complexity index is 1110. The van der Waals surface area contributed by atoms with Crippen molar-refractivity contribution in [3.8, 4) is 5.75 Å². The van der Waals surface area contributed by atoms with Crippen LogP contribution in [-0.4, -0.2) is 40.8 Å². The summed E-state index contributed by atoms with van der Waals surface area (Å²) in [4.78, 5) is 17.6. The third-order valence-corrected chi connectivity index (χ3v) is 6.10. The van der Waals surface area contributed by atoms with Gasteiger partial charge in [0.2, 0.25) is 0 Å². The molecule has 0 bridgehead atoms. The Morgan fingerprint density at radius 1 is 1.00 bits per heavy atom. The number of para-hydroxylation sites is 1. The van der Waals surface area contributed by atoms with Crippen LogP contribution in [0.15, 0.2) is 65.5 Å². The summed E-state index contributed by atoms with van der Waals surface area (Å²) in [6.07, 6.45) is 0. The van der Waals surface area contributed by atoms with E-state index in [2.05, 4.69) is 4.90 Å². The van der Waals surface area contributed by atoms with E-state index < -0.39 is 0 Å². The predicted octanol–water partition coefficient (Wildman–Crippen LogP) is 3.93. The average Bonchev–Trinajstić information content (AvgIpc) is 2.78. The smallest absolute Gasteiger partial charge is 0.259 e. The molecule has 0 saturated carbocycles. The van der Waals surface area contributed by atoms with Gasteiger partial charge in [-0.15, -0.1) is 0 Å². The van der Waals surface area contributed by atoms with E-state index in [0.29, 0.717) is 44.0 Å². The van der Waals surface area contributed by atoms with Crippen LogP contribution in [-0.2, 0) is 6.54 Å². The average molecular weight is 422 g/mol. The summed E-state index contributed by atoms with van der Waals surface area (Å²) in [6, 6.07) is 17.9. The number of aromatic hydroxyl groups is 1. The molecule has 2 aromatic carbocycles. The Kier molecular flexibility index (Phi) is 6.09. The lowest BCUT2D eigenvalue weighted by atomic mass is 9.96. The molecule has 1 aliphatic heterocycles. The van der Waals surface area contributed by atoms with Crippen molar-refractivity contribution < 1.29 is 9.50 Å². The van der Waals surface area contributed by atoms with Crippen molar-refractivity contribution in [3.63, 3.8) is 0 Å². The summed E-state index contributed by atoms with van der Waals surface area (Å²) in [7, 11) is 0. The standard InChI is InChI=1S/C25H28FN3O2/c1-3-29-18(2)17-22(30)23(25(29)31)24(19-9-5-4-6-10-19)28-15-13-27(14-16-28)21-12-8-7-11-20(21)26/h4-12,17,24,30H,3,13-16H2,1-2H3. The van der Waals surface area contributed by atoms with Crippen molar-refractivity contribution in [2.45, 2.75) is 26.4 Å². The molecule has 162 valence electrons. The third-order valence-electron chi connectivity index (χ3n) is 6.10. The number of aromatic nitrogens is 1. The van der Waals surface area contributed by atoms with Crippen molar-refractivity contribution >= 4 is 5.69 Å². The first-order chi connectivity index (χ1) is 15.0. The number of hydrogen-bond acceptors (Lipinski definition) is 4. The third kappa shape index (κ3) is 4.08. The summed E-state index contributed by atoms with van der Waals surface area (Å²) in [5.74, 6) is -0.199. The van der Waals surface area contributed by atoms with Crippen LogP contribution in [0.4, 0.5) is 10.1 Å². The minimum Gasteiger partial charge on any atom is -0.507 e. The second kappa shape index (κ2) is 8.94. The number of pyridine rings is 1. The molecule has 0 amide bonds. The maximum atomic E-state index is 14.3. The quantitative estimate of drug-likeness (QED) is 0.678. The Hall–Kier alpha value is -3.12. The van der Waals surface area contributed by atoms with E-state index in [4.69, 9.17) is 0 Å². The van der Waals surface area contributed by atoms with Gasteiger partial charge in [-0.25, -0.2) is 4.39 Å². The van der Waals surface area contributed by atoms with E-state index >= 15 is 0 Å². The minimum atomic E-state index is -0.366. The van der Waals surface area contributed by atoms with Crippen molar-refractivity contribution in [1.82, 2.24) is 9.47 Å². The molecular weight excluding hydrogens is 393 g/mol. The first-order valence-electron chi connectivity index (χ1n) is 10.7. The van der Waals surface area contributed by atoms with Gasteiger partial charge in [-0.05, 0) is 37.6 Å². The summed E-state index contributed by atoms with van der Waals surface area (Å²) in [5, 5.41) is 10.8. The largest absolute Gasteiger partial charge is 0.507 e. The molecule has 6 heteroatoms. The lowest BCUT2D eigenvalue weighted by molar-refractivity contribution is 0.207. The molecule has 2 heterocycles. The molecule has 1 aliphatic rings. The topological polar surface area (TPSA) is 48.7 Å². The normalized spacial score (nSPS) is 15.8. The van der Waals surface area contributed by atoms with Crippen molar-refractivity contribution in [2.24, 2.45) is 0 Å². The monoisotopic (exact) mass is 421 g/mol. The van der Waals surface area contributed by atoms with E-state index in [1.165, 1.54) is 6.07 Å². The van der Waals surface area contributed by atoms with E-state index in [1.54, 1.807) is 22.8 Å². The first-order valence-corrected chi connectivity index (χ1v) is 10.7. The molecule has 4 rings (SSSR count). The number of benzene rings is 2. The van der Waals surface area contributed by atoms with Gasteiger partial charge >= 0.3 is 0 Å². The van der Waals surface area contributed by atoms with Crippen LogP contribution in [0.25, 0.3) is 0 Å². The van der Waals surface area contributed by atoms with Crippen LogP contribution in [0.1, 0.15) is 29.8 Å². The second-order valence-electron chi connectivity index (χ2n) is 7.92. The van der Waals surface area contributed by atoms with Gasteiger partial charge in [0.05, 0.1) is 17.3 Å². The van der Waals surface area contributed by atoms with Crippen LogP contribution < -0.4 is 10.5 Å². The Labute approximate surface area is 182 Å². The Balaban J connectivity index is 1.71. The molecule has 3 aromatic rings. The fourth-order valence-corrected chi connectivity index (χ4v) is 4.54. The van der Waals surface area contributed by atoms with Gasteiger partial charge in [-0.3, -0.25) is 9.69 Å². The number of nitrogens with zero attached hydrogens (tertiary/aromatic N) is 3. The fourth-order valence-electron chi connectivity index (χ4n) is 4.54. The highest BCUT2D eigenvalue weighted by atomic mass is 19.1. The SMILES string of the molecule is CCn1c(C)cc(O)c(C(c2ccccc2)N2CCN(c3ccccc3F)CC2)c1=O. The zero-order valence-electron chi connectivity index (χ0n) is 18.0. The van der Waals surface area contributed by atoms with Crippen molar-refractivity contribution in [1.29, 1.82) is 0 Å². The molecule has 1 fully saturated rings. The molecule has 0 aliphatic carbocycles. The molecule has 5 nitrogen and oxygen atoms in total. The number of aryl methyl sites for hydroxylation is 1. The van der Waals surface area contributed by atoms with E-state index in [0.717, 1.165) is 11.3 Å². The van der Waals surface area contributed by atoms with Crippen LogP contribution in [0.5, 0.6) is 5.75 Å². The fraction of sp³-hybridized carbons (Fsp3) is 0.320.